The molecule has 0 saturated heterocycles. The van der Waals surface area contributed by atoms with Crippen LogP contribution in [0.4, 0.5) is 15.9 Å². The molecule has 0 saturated carbocycles. The van der Waals surface area contributed by atoms with E-state index < -0.39 is 0 Å². The fraction of sp³-hybridized carbons (Fsp3) is 0.154. The summed E-state index contributed by atoms with van der Waals surface area (Å²) in [5.74, 6) is 0.305. The van der Waals surface area contributed by atoms with E-state index in [0.717, 1.165) is 0 Å². The molecule has 2 N–H and O–H groups in total. The highest BCUT2D eigenvalue weighted by molar-refractivity contribution is 6.30. The second-order valence-electron chi connectivity index (χ2n) is 4.16. The number of nitrogens with zero attached hydrogens (tertiary/aromatic N) is 2. The smallest absolute Gasteiger partial charge is 0.151 e. The van der Waals surface area contributed by atoms with Crippen LogP contribution >= 0.6 is 11.6 Å². The molecule has 0 fully saturated rings. The molecule has 3 nitrogen and oxygen atoms in total. The molecule has 0 atom stereocenters. The zero-order chi connectivity index (χ0) is 13.3. The first-order valence-corrected chi connectivity index (χ1v) is 5.75. The molecule has 0 radical (unpaired) electrons. The van der Waals surface area contributed by atoms with Crippen molar-refractivity contribution in [2.24, 2.45) is 0 Å². The summed E-state index contributed by atoms with van der Waals surface area (Å²) in [7, 11) is 3.69. The summed E-state index contributed by atoms with van der Waals surface area (Å²) < 4.78 is 13.7. The number of benzene rings is 1. The van der Waals surface area contributed by atoms with E-state index in [1.165, 1.54) is 12.1 Å². The van der Waals surface area contributed by atoms with Gasteiger partial charge in [0.05, 0.1) is 5.69 Å². The Labute approximate surface area is 110 Å². The highest BCUT2D eigenvalue weighted by atomic mass is 35.5. The van der Waals surface area contributed by atoms with Crippen LogP contribution in [0.25, 0.3) is 11.1 Å². The van der Waals surface area contributed by atoms with Crippen LogP contribution in [0.15, 0.2) is 30.5 Å². The summed E-state index contributed by atoms with van der Waals surface area (Å²) in [6, 6.07) is 6.08. The van der Waals surface area contributed by atoms with Gasteiger partial charge in [-0.25, -0.2) is 9.37 Å². The highest BCUT2D eigenvalue weighted by Gasteiger charge is 2.10. The summed E-state index contributed by atoms with van der Waals surface area (Å²) >= 11 is 5.86. The van der Waals surface area contributed by atoms with Crippen LogP contribution in [-0.2, 0) is 0 Å². The molecule has 0 spiro atoms. The number of hydrogen-bond donors (Lipinski definition) is 1. The Morgan fingerprint density at radius 1 is 1.28 bits per heavy atom. The third-order valence-electron chi connectivity index (χ3n) is 2.56. The molecule has 0 unspecified atom stereocenters. The van der Waals surface area contributed by atoms with Crippen LogP contribution in [-0.4, -0.2) is 19.1 Å². The van der Waals surface area contributed by atoms with Gasteiger partial charge in [-0.05, 0) is 24.3 Å². The summed E-state index contributed by atoms with van der Waals surface area (Å²) in [6.07, 6.45) is 1.58. The SMILES string of the molecule is CN(C)c1ncc(-c2cc(Cl)ccc2F)cc1N. The monoisotopic (exact) mass is 265 g/mol. The molecule has 0 amide bonds. The van der Waals surface area contributed by atoms with Gasteiger partial charge in [0.25, 0.3) is 0 Å². The largest absolute Gasteiger partial charge is 0.396 e. The van der Waals surface area contributed by atoms with Gasteiger partial charge in [-0.15, -0.1) is 0 Å². The van der Waals surface area contributed by atoms with Crippen molar-refractivity contribution < 1.29 is 4.39 Å². The Hall–Kier alpha value is -1.81. The number of hydrogen-bond acceptors (Lipinski definition) is 3. The van der Waals surface area contributed by atoms with Crippen molar-refractivity contribution in [3.63, 3.8) is 0 Å². The third-order valence-corrected chi connectivity index (χ3v) is 2.79. The fourth-order valence-corrected chi connectivity index (χ4v) is 1.89. The lowest BCUT2D eigenvalue weighted by Gasteiger charge is -2.14. The number of anilines is 2. The van der Waals surface area contributed by atoms with Gasteiger partial charge >= 0.3 is 0 Å². The van der Waals surface area contributed by atoms with Gasteiger partial charge < -0.3 is 10.6 Å². The topological polar surface area (TPSA) is 42.2 Å². The van der Waals surface area contributed by atoms with E-state index in [9.17, 15) is 4.39 Å². The lowest BCUT2D eigenvalue weighted by atomic mass is 10.1. The minimum absolute atomic E-state index is 0.349. The Morgan fingerprint density at radius 2 is 2.00 bits per heavy atom. The van der Waals surface area contributed by atoms with E-state index in [2.05, 4.69) is 4.98 Å². The molecule has 0 bridgehead atoms. The molecule has 18 heavy (non-hydrogen) atoms. The van der Waals surface area contributed by atoms with Crippen molar-refractivity contribution in [2.45, 2.75) is 0 Å². The Morgan fingerprint density at radius 3 is 2.61 bits per heavy atom. The van der Waals surface area contributed by atoms with Crippen molar-refractivity contribution >= 4 is 23.1 Å². The quantitative estimate of drug-likeness (QED) is 0.907. The van der Waals surface area contributed by atoms with E-state index in [1.54, 1.807) is 23.2 Å². The Kier molecular flexibility index (Phi) is 3.39. The van der Waals surface area contributed by atoms with E-state index in [-0.39, 0.29) is 5.82 Å². The normalized spacial score (nSPS) is 10.4. The Bertz CT molecular complexity index is 584. The first kappa shape index (κ1) is 12.6. The highest BCUT2D eigenvalue weighted by Crippen LogP contribution is 2.29. The van der Waals surface area contributed by atoms with Gasteiger partial charge in [-0.3, -0.25) is 0 Å². The maximum atomic E-state index is 13.7. The second-order valence-corrected chi connectivity index (χ2v) is 4.59. The summed E-state index contributed by atoms with van der Waals surface area (Å²) in [5.41, 5.74) is 7.39. The van der Waals surface area contributed by atoms with Crippen molar-refractivity contribution in [3.05, 3.63) is 41.3 Å². The minimum atomic E-state index is -0.349. The van der Waals surface area contributed by atoms with Gasteiger partial charge in [-0.1, -0.05) is 11.6 Å². The third kappa shape index (κ3) is 2.38. The van der Waals surface area contributed by atoms with Gasteiger partial charge in [-0.2, -0.15) is 0 Å². The molecule has 0 aliphatic carbocycles. The van der Waals surface area contributed by atoms with Crippen LogP contribution in [0.3, 0.4) is 0 Å². The molecule has 2 rings (SSSR count). The van der Waals surface area contributed by atoms with Crippen molar-refractivity contribution in [1.82, 2.24) is 4.98 Å². The predicted molar refractivity (Wildman–Crippen MR) is 73.4 cm³/mol. The van der Waals surface area contributed by atoms with Crippen molar-refractivity contribution in [1.29, 1.82) is 0 Å². The van der Waals surface area contributed by atoms with Crippen LogP contribution in [0, 0.1) is 5.82 Å². The molecule has 1 aromatic heterocycles. The van der Waals surface area contributed by atoms with Crippen LogP contribution in [0.5, 0.6) is 0 Å². The lowest BCUT2D eigenvalue weighted by Crippen LogP contribution is -2.13. The second kappa shape index (κ2) is 4.82. The van der Waals surface area contributed by atoms with Crippen molar-refractivity contribution in [2.75, 3.05) is 24.7 Å². The molecule has 0 aliphatic heterocycles. The fourth-order valence-electron chi connectivity index (χ4n) is 1.71. The van der Waals surface area contributed by atoms with Gasteiger partial charge in [0.15, 0.2) is 5.82 Å². The maximum Gasteiger partial charge on any atom is 0.151 e. The minimum Gasteiger partial charge on any atom is -0.396 e. The standard InChI is InChI=1S/C13H13ClFN3/c1-18(2)13-12(16)5-8(7-17-13)10-6-9(14)3-4-11(10)15/h3-7H,16H2,1-2H3. The first-order valence-electron chi connectivity index (χ1n) is 5.37. The summed E-state index contributed by atoms with van der Waals surface area (Å²) in [6.45, 7) is 0. The zero-order valence-electron chi connectivity index (χ0n) is 10.1. The van der Waals surface area contributed by atoms with Gasteiger partial charge in [0, 0.05) is 36.4 Å². The number of halogens is 2. The molecule has 1 aromatic carbocycles. The predicted octanol–water partition coefficient (Wildman–Crippen LogP) is 3.19. The number of pyridine rings is 1. The molecule has 5 heteroatoms. The number of aromatic nitrogens is 1. The number of nitrogens with two attached hydrogens (primary N) is 1. The van der Waals surface area contributed by atoms with E-state index >= 15 is 0 Å². The van der Waals surface area contributed by atoms with Crippen molar-refractivity contribution in [3.8, 4) is 11.1 Å². The first-order chi connectivity index (χ1) is 8.49. The Balaban J connectivity index is 2.52. The molecule has 1 heterocycles. The lowest BCUT2D eigenvalue weighted by molar-refractivity contribution is 0.631. The molecule has 0 aliphatic rings. The van der Waals surface area contributed by atoms with E-state index in [0.29, 0.717) is 27.7 Å². The van der Waals surface area contributed by atoms with E-state index in [1.807, 2.05) is 14.1 Å². The molecular formula is C13H13ClFN3. The number of nitrogen functional groups attached to an aromatic ring is 1. The summed E-state index contributed by atoms with van der Waals surface area (Å²) in [4.78, 5) is 6.02. The average molecular weight is 266 g/mol. The van der Waals surface area contributed by atoms with Gasteiger partial charge in [0.2, 0.25) is 0 Å². The zero-order valence-corrected chi connectivity index (χ0v) is 10.9. The molecular weight excluding hydrogens is 253 g/mol. The van der Waals surface area contributed by atoms with Crippen LogP contribution < -0.4 is 10.6 Å². The van der Waals surface area contributed by atoms with Crippen LogP contribution in [0.1, 0.15) is 0 Å². The molecule has 94 valence electrons. The van der Waals surface area contributed by atoms with Gasteiger partial charge in [0.1, 0.15) is 5.82 Å². The van der Waals surface area contributed by atoms with E-state index in [4.69, 9.17) is 17.3 Å². The molecule has 2 aromatic rings. The number of rotatable bonds is 2. The van der Waals surface area contributed by atoms with Crippen LogP contribution in [0.2, 0.25) is 5.02 Å². The average Bonchev–Trinajstić information content (AvgIpc) is 2.31. The maximum absolute atomic E-state index is 13.7. The summed E-state index contributed by atoms with van der Waals surface area (Å²) in [5, 5.41) is 0.474.